The quantitative estimate of drug-likeness (QED) is 0.498. The van der Waals surface area contributed by atoms with Crippen molar-refractivity contribution in [3.05, 3.63) is 36.2 Å². The summed E-state index contributed by atoms with van der Waals surface area (Å²) < 4.78 is 48.9. The minimum absolute atomic E-state index is 0.0576. The number of anilines is 1. The number of thiazole rings is 1. The molecule has 1 aliphatic rings. The summed E-state index contributed by atoms with van der Waals surface area (Å²) in [5.41, 5.74) is -0.258. The fourth-order valence-corrected chi connectivity index (χ4v) is 4.20. The molecule has 1 unspecified atom stereocenters. The van der Waals surface area contributed by atoms with E-state index in [0.29, 0.717) is 41.0 Å². The Morgan fingerprint density at radius 3 is 2.97 bits per heavy atom. The summed E-state index contributed by atoms with van der Waals surface area (Å²) in [6.07, 6.45) is -2.29. The zero-order valence-corrected chi connectivity index (χ0v) is 18.4. The lowest BCUT2D eigenvalue weighted by Gasteiger charge is -2.17. The van der Waals surface area contributed by atoms with Crippen LogP contribution in [0, 0.1) is 0 Å². The Balaban J connectivity index is 1.22. The first-order chi connectivity index (χ1) is 15.8. The van der Waals surface area contributed by atoms with Crippen molar-refractivity contribution in [3.63, 3.8) is 0 Å². The van der Waals surface area contributed by atoms with Crippen LogP contribution in [0.4, 0.5) is 23.1 Å². The molecule has 0 aliphatic carbocycles. The van der Waals surface area contributed by atoms with Gasteiger partial charge in [-0.05, 0) is 24.6 Å². The molecule has 0 radical (unpaired) electrons. The third-order valence-corrected chi connectivity index (χ3v) is 5.89. The Hall–Kier alpha value is -3.19. The second-order valence-electron chi connectivity index (χ2n) is 7.25. The molecule has 2 amide bonds. The number of aromatic nitrogens is 3. The number of hydrogen-bond donors (Lipinski definition) is 2. The van der Waals surface area contributed by atoms with Crippen molar-refractivity contribution in [2.75, 3.05) is 38.7 Å². The number of urea groups is 1. The molecule has 13 heteroatoms. The first kappa shape index (κ1) is 23.0. The van der Waals surface area contributed by atoms with Gasteiger partial charge < -0.3 is 19.7 Å². The van der Waals surface area contributed by atoms with Crippen LogP contribution in [0.25, 0.3) is 10.3 Å². The molecule has 2 N–H and O–H groups in total. The van der Waals surface area contributed by atoms with Gasteiger partial charge in [-0.1, -0.05) is 17.4 Å². The highest BCUT2D eigenvalue weighted by Crippen LogP contribution is 2.31. The summed E-state index contributed by atoms with van der Waals surface area (Å²) >= 11 is 1.23. The van der Waals surface area contributed by atoms with Gasteiger partial charge in [-0.25, -0.2) is 14.8 Å². The highest BCUT2D eigenvalue weighted by molar-refractivity contribution is 7.22. The first-order valence-corrected chi connectivity index (χ1v) is 10.9. The number of fused-ring (bicyclic) bond motifs is 1. The number of nitrogens with zero attached hydrogens (tertiary/aromatic N) is 4. The number of hydrogen-bond acceptors (Lipinski definition) is 8. The van der Waals surface area contributed by atoms with E-state index in [0.717, 1.165) is 18.6 Å². The normalized spacial score (nSPS) is 16.2. The smallest absolute Gasteiger partial charge is 0.416 e. The standard InChI is InChI=1S/C20H21F3N6O3S/c1-31-16-15-17(26-11-25-16)33-18(27-15)28-19(30)29-7-5-13(10-29)24-6-8-32-14-4-2-3-12(9-14)20(21,22)23/h2-4,9,11,13,24H,5-8,10H2,1H3,(H,27,28,30). The molecule has 3 aromatic rings. The molecule has 9 nitrogen and oxygen atoms in total. The van der Waals surface area contributed by atoms with Gasteiger partial charge in [0, 0.05) is 25.7 Å². The summed E-state index contributed by atoms with van der Waals surface area (Å²) in [6.45, 7) is 1.70. The fourth-order valence-electron chi connectivity index (χ4n) is 3.41. The summed E-state index contributed by atoms with van der Waals surface area (Å²) in [4.78, 5) is 27.3. The van der Waals surface area contributed by atoms with Gasteiger partial charge in [0.1, 0.15) is 18.7 Å². The predicted molar refractivity (Wildman–Crippen MR) is 116 cm³/mol. The number of nitrogens with one attached hydrogen (secondary N) is 2. The van der Waals surface area contributed by atoms with Crippen molar-refractivity contribution in [2.45, 2.75) is 18.6 Å². The fraction of sp³-hybridized carbons (Fsp3) is 0.400. The zero-order valence-electron chi connectivity index (χ0n) is 17.6. The summed E-state index contributed by atoms with van der Waals surface area (Å²) in [7, 11) is 1.49. The van der Waals surface area contributed by atoms with Gasteiger partial charge in [0.05, 0.1) is 12.7 Å². The largest absolute Gasteiger partial charge is 0.492 e. The van der Waals surface area contributed by atoms with Crippen LogP contribution >= 0.6 is 11.3 Å². The molecule has 0 saturated carbocycles. The maximum Gasteiger partial charge on any atom is 0.416 e. The average molecular weight is 482 g/mol. The number of ether oxygens (including phenoxy) is 2. The Bertz CT molecular complexity index is 1130. The minimum atomic E-state index is -4.41. The van der Waals surface area contributed by atoms with Gasteiger partial charge in [0.15, 0.2) is 15.5 Å². The molecule has 1 saturated heterocycles. The number of methoxy groups -OCH3 is 1. The number of carbonyl (C=O) groups is 1. The summed E-state index contributed by atoms with van der Waals surface area (Å²) in [6, 6.07) is 4.56. The monoisotopic (exact) mass is 482 g/mol. The molecule has 0 spiro atoms. The van der Waals surface area contributed by atoms with Crippen molar-refractivity contribution in [3.8, 4) is 11.6 Å². The van der Waals surface area contributed by atoms with Crippen molar-refractivity contribution in [1.29, 1.82) is 0 Å². The number of rotatable bonds is 7. The van der Waals surface area contributed by atoms with Crippen LogP contribution in [0.5, 0.6) is 11.6 Å². The Labute approximate surface area is 190 Å². The lowest BCUT2D eigenvalue weighted by atomic mass is 10.2. The Morgan fingerprint density at radius 2 is 2.18 bits per heavy atom. The van der Waals surface area contributed by atoms with E-state index in [-0.39, 0.29) is 24.4 Å². The van der Waals surface area contributed by atoms with Gasteiger partial charge in [-0.2, -0.15) is 18.2 Å². The topological polar surface area (TPSA) is 102 Å². The predicted octanol–water partition coefficient (Wildman–Crippen LogP) is 3.39. The SMILES string of the molecule is COc1ncnc2sc(NC(=O)N3CCC(NCCOc4cccc(C(F)(F)F)c4)C3)nc12. The van der Waals surface area contributed by atoms with Crippen LogP contribution in [0.1, 0.15) is 12.0 Å². The third-order valence-electron chi connectivity index (χ3n) is 5.01. The van der Waals surface area contributed by atoms with Crippen LogP contribution in [-0.4, -0.2) is 65.3 Å². The lowest BCUT2D eigenvalue weighted by Crippen LogP contribution is -2.38. The molecule has 1 fully saturated rings. The molecular weight excluding hydrogens is 461 g/mol. The number of amides is 2. The molecule has 1 aromatic carbocycles. The highest BCUT2D eigenvalue weighted by atomic mass is 32.1. The van der Waals surface area contributed by atoms with Crippen molar-refractivity contribution < 1.29 is 27.4 Å². The second kappa shape index (κ2) is 9.75. The van der Waals surface area contributed by atoms with E-state index in [2.05, 4.69) is 25.6 Å². The van der Waals surface area contributed by atoms with E-state index in [1.807, 2.05) is 0 Å². The van der Waals surface area contributed by atoms with Gasteiger partial charge in [0.25, 0.3) is 0 Å². The second-order valence-corrected chi connectivity index (χ2v) is 8.22. The van der Waals surface area contributed by atoms with E-state index in [4.69, 9.17) is 9.47 Å². The van der Waals surface area contributed by atoms with Crippen LogP contribution in [0.3, 0.4) is 0 Å². The van der Waals surface area contributed by atoms with Crippen LogP contribution in [-0.2, 0) is 6.18 Å². The Morgan fingerprint density at radius 1 is 1.33 bits per heavy atom. The maximum absolute atomic E-state index is 12.8. The van der Waals surface area contributed by atoms with E-state index < -0.39 is 11.7 Å². The van der Waals surface area contributed by atoms with Gasteiger partial charge in [0.2, 0.25) is 5.88 Å². The molecule has 176 valence electrons. The molecule has 2 aromatic heterocycles. The van der Waals surface area contributed by atoms with Crippen molar-refractivity contribution in [1.82, 2.24) is 25.2 Å². The molecule has 33 heavy (non-hydrogen) atoms. The molecule has 0 bridgehead atoms. The Kier molecular flexibility index (Phi) is 6.79. The number of likely N-dealkylation sites (tertiary alicyclic amines) is 1. The summed E-state index contributed by atoms with van der Waals surface area (Å²) in [5, 5.41) is 6.45. The maximum atomic E-state index is 12.8. The third kappa shape index (κ3) is 5.60. The zero-order chi connectivity index (χ0) is 23.4. The number of halogens is 3. The molecular formula is C20H21F3N6O3S. The summed E-state index contributed by atoms with van der Waals surface area (Å²) in [5.74, 6) is 0.505. The first-order valence-electron chi connectivity index (χ1n) is 10.1. The van der Waals surface area contributed by atoms with Gasteiger partial charge in [-0.3, -0.25) is 5.32 Å². The van der Waals surface area contributed by atoms with Crippen molar-refractivity contribution in [2.24, 2.45) is 0 Å². The van der Waals surface area contributed by atoms with Crippen LogP contribution in [0.15, 0.2) is 30.6 Å². The van der Waals surface area contributed by atoms with Gasteiger partial charge in [-0.15, -0.1) is 0 Å². The molecule has 1 aliphatic heterocycles. The highest BCUT2D eigenvalue weighted by Gasteiger charge is 2.30. The number of alkyl halides is 3. The number of carbonyl (C=O) groups excluding carboxylic acids is 1. The van der Waals surface area contributed by atoms with Crippen molar-refractivity contribution >= 4 is 32.8 Å². The van der Waals surface area contributed by atoms with E-state index in [1.54, 1.807) is 4.90 Å². The van der Waals surface area contributed by atoms with Crippen LogP contribution in [0.2, 0.25) is 0 Å². The van der Waals surface area contributed by atoms with E-state index >= 15 is 0 Å². The van der Waals surface area contributed by atoms with E-state index in [9.17, 15) is 18.0 Å². The molecule has 4 rings (SSSR count). The average Bonchev–Trinajstić information content (AvgIpc) is 3.43. The molecule has 3 heterocycles. The lowest BCUT2D eigenvalue weighted by molar-refractivity contribution is -0.137. The van der Waals surface area contributed by atoms with Crippen LogP contribution < -0.4 is 20.1 Å². The minimum Gasteiger partial charge on any atom is -0.492 e. The van der Waals surface area contributed by atoms with Gasteiger partial charge >= 0.3 is 12.2 Å². The molecule has 1 atom stereocenters. The van der Waals surface area contributed by atoms with E-state index in [1.165, 1.54) is 36.9 Å². The number of benzene rings is 1.